The van der Waals surface area contributed by atoms with Gasteiger partial charge in [0.05, 0.1) is 0 Å². The van der Waals surface area contributed by atoms with Gasteiger partial charge in [-0.2, -0.15) is 0 Å². The molecule has 0 aliphatic carbocycles. The van der Waals surface area contributed by atoms with Gasteiger partial charge in [0.25, 0.3) is 0 Å². The summed E-state index contributed by atoms with van der Waals surface area (Å²) in [6.07, 6.45) is 5.09. The van der Waals surface area contributed by atoms with Crippen molar-refractivity contribution in [3.8, 4) is 0 Å². The summed E-state index contributed by atoms with van der Waals surface area (Å²) >= 11 is 0. The van der Waals surface area contributed by atoms with Crippen LogP contribution in [0, 0.1) is 0 Å². The zero-order valence-electron chi connectivity index (χ0n) is 23.9. The largest absolute Gasteiger partial charge is 0.0653 e. The van der Waals surface area contributed by atoms with Gasteiger partial charge in [0, 0.05) is 0 Å². The second-order valence-corrected chi connectivity index (χ2v) is 17.7. The lowest BCUT2D eigenvalue weighted by Crippen LogP contribution is -2.41. The Kier molecular flexibility index (Phi) is 8.78. The zero-order chi connectivity index (χ0) is 24.6. The van der Waals surface area contributed by atoms with Crippen LogP contribution in [0.2, 0.25) is 0 Å². The van der Waals surface area contributed by atoms with E-state index in [1.54, 1.807) is 16.4 Å². The van der Waals surface area contributed by atoms with E-state index in [2.05, 4.69) is 116 Å². The topological polar surface area (TPSA) is 0 Å². The maximum atomic E-state index is 2.59. The number of benzene rings is 1. The molecule has 0 heterocycles. The fraction of sp³-hybridized carbons (Fsp3) is 0.800. The van der Waals surface area contributed by atoms with Crippen molar-refractivity contribution in [3.63, 3.8) is 0 Å². The van der Waals surface area contributed by atoms with E-state index in [0.717, 1.165) is 0 Å². The van der Waals surface area contributed by atoms with E-state index in [0.29, 0.717) is 10.3 Å². The van der Waals surface area contributed by atoms with Gasteiger partial charge in [-0.15, -0.1) is 0 Å². The van der Waals surface area contributed by atoms with Crippen LogP contribution in [0.15, 0.2) is 12.1 Å². The SMILES string of the molecule is CCCC(C)(C)P(c1c(C(C)(C)C)cc(C(C)(C)C)cc1C(C)(C)C)C(C)(C)CCC. The van der Waals surface area contributed by atoms with Crippen LogP contribution in [0.4, 0.5) is 0 Å². The fourth-order valence-corrected chi connectivity index (χ4v) is 10.3. The van der Waals surface area contributed by atoms with Crippen LogP contribution in [-0.2, 0) is 16.2 Å². The lowest BCUT2D eigenvalue weighted by molar-refractivity contribution is 0.545. The molecule has 180 valence electrons. The third-order valence-electron chi connectivity index (χ3n) is 6.75. The molecule has 0 aliphatic heterocycles. The highest BCUT2D eigenvalue weighted by Gasteiger charge is 2.44. The standard InChI is InChI=1S/C30H55P/c1-16-18-29(12,13)31(30(14,15)19-17-2)25-23(27(6,7)8)20-22(26(3,4)5)21-24(25)28(9,10)11/h20-21H,16-19H2,1-15H3. The highest BCUT2D eigenvalue weighted by atomic mass is 31.1. The predicted octanol–water partition coefficient (Wildman–Crippen LogP) is 9.84. The molecule has 0 radical (unpaired) electrons. The molecular formula is C30H55P. The Balaban J connectivity index is 4.23. The van der Waals surface area contributed by atoms with Crippen molar-refractivity contribution in [2.75, 3.05) is 0 Å². The second-order valence-electron chi connectivity index (χ2n) is 14.1. The minimum atomic E-state index is -0.372. The Morgan fingerprint density at radius 1 is 0.548 bits per heavy atom. The van der Waals surface area contributed by atoms with Crippen LogP contribution in [0.5, 0.6) is 0 Å². The molecule has 1 aromatic rings. The average Bonchev–Trinajstić information content (AvgIpc) is 2.50. The maximum absolute atomic E-state index is 2.59. The molecule has 1 aromatic carbocycles. The van der Waals surface area contributed by atoms with Crippen molar-refractivity contribution in [2.45, 2.75) is 156 Å². The Labute approximate surface area is 198 Å². The number of hydrogen-bond donors (Lipinski definition) is 0. The van der Waals surface area contributed by atoms with Gasteiger partial charge in [0.2, 0.25) is 0 Å². The van der Waals surface area contributed by atoms with E-state index in [-0.39, 0.29) is 24.2 Å². The van der Waals surface area contributed by atoms with Crippen LogP contribution in [0.3, 0.4) is 0 Å². The molecule has 0 atom stereocenters. The number of rotatable bonds is 7. The van der Waals surface area contributed by atoms with Crippen molar-refractivity contribution in [3.05, 3.63) is 28.8 Å². The monoisotopic (exact) mass is 446 g/mol. The van der Waals surface area contributed by atoms with Crippen LogP contribution in [0.25, 0.3) is 0 Å². The van der Waals surface area contributed by atoms with E-state index in [9.17, 15) is 0 Å². The molecule has 0 nitrogen and oxygen atoms in total. The first kappa shape index (κ1) is 28.7. The summed E-state index contributed by atoms with van der Waals surface area (Å²) in [5.41, 5.74) is 5.10. The molecule has 0 aromatic heterocycles. The van der Waals surface area contributed by atoms with Crippen molar-refractivity contribution in [2.24, 2.45) is 0 Å². The van der Waals surface area contributed by atoms with Crippen LogP contribution < -0.4 is 5.30 Å². The highest BCUT2D eigenvalue weighted by molar-refractivity contribution is 7.68. The molecule has 0 unspecified atom stereocenters. The van der Waals surface area contributed by atoms with E-state index in [1.165, 1.54) is 31.2 Å². The zero-order valence-corrected chi connectivity index (χ0v) is 24.8. The quantitative estimate of drug-likeness (QED) is 0.365. The molecule has 0 fully saturated rings. The minimum Gasteiger partial charge on any atom is -0.0653 e. The van der Waals surface area contributed by atoms with E-state index in [4.69, 9.17) is 0 Å². The molecular weight excluding hydrogens is 391 g/mol. The predicted molar refractivity (Wildman–Crippen MR) is 147 cm³/mol. The Morgan fingerprint density at radius 3 is 1.10 bits per heavy atom. The first-order valence-electron chi connectivity index (χ1n) is 12.7. The van der Waals surface area contributed by atoms with Crippen LogP contribution in [-0.4, -0.2) is 10.3 Å². The van der Waals surface area contributed by atoms with Gasteiger partial charge < -0.3 is 0 Å². The molecule has 0 saturated heterocycles. The van der Waals surface area contributed by atoms with Gasteiger partial charge in [-0.05, 0) is 61.4 Å². The molecule has 0 N–H and O–H groups in total. The molecule has 0 aliphatic rings. The molecule has 0 amide bonds. The Morgan fingerprint density at radius 2 is 0.871 bits per heavy atom. The summed E-state index contributed by atoms with van der Waals surface area (Å²) < 4.78 is 0. The van der Waals surface area contributed by atoms with Crippen LogP contribution >= 0.6 is 7.92 Å². The minimum absolute atomic E-state index is 0.127. The third-order valence-corrected chi connectivity index (χ3v) is 10.5. The normalized spacial score (nSPS) is 14.5. The van der Waals surface area contributed by atoms with E-state index < -0.39 is 0 Å². The summed E-state index contributed by atoms with van der Waals surface area (Å²) in [6, 6.07) is 5.17. The molecule has 0 spiro atoms. The summed E-state index contributed by atoms with van der Waals surface area (Å²) in [6.45, 7) is 36.7. The lowest BCUT2D eigenvalue weighted by Gasteiger charge is -2.49. The van der Waals surface area contributed by atoms with Crippen molar-refractivity contribution in [1.82, 2.24) is 0 Å². The fourth-order valence-electron chi connectivity index (χ4n) is 5.32. The first-order chi connectivity index (χ1) is 13.7. The maximum Gasteiger partial charge on any atom is -0.0106 e. The molecule has 0 bridgehead atoms. The highest BCUT2D eigenvalue weighted by Crippen LogP contribution is 2.64. The van der Waals surface area contributed by atoms with Gasteiger partial charge >= 0.3 is 0 Å². The van der Waals surface area contributed by atoms with E-state index >= 15 is 0 Å². The van der Waals surface area contributed by atoms with Crippen molar-refractivity contribution >= 4 is 13.2 Å². The number of hydrogen-bond acceptors (Lipinski definition) is 0. The van der Waals surface area contributed by atoms with Crippen molar-refractivity contribution < 1.29 is 0 Å². The Bertz CT molecular complexity index is 676. The summed E-state index contributed by atoms with van der Waals surface area (Å²) in [5.74, 6) is 0. The summed E-state index contributed by atoms with van der Waals surface area (Å²) in [7, 11) is -0.372. The van der Waals surface area contributed by atoms with Gasteiger partial charge in [-0.3, -0.25) is 0 Å². The van der Waals surface area contributed by atoms with Crippen molar-refractivity contribution in [1.29, 1.82) is 0 Å². The molecule has 1 rings (SSSR count). The summed E-state index contributed by atoms with van der Waals surface area (Å²) in [5, 5.41) is 2.35. The van der Waals surface area contributed by atoms with Gasteiger partial charge in [0.1, 0.15) is 0 Å². The second kappa shape index (κ2) is 9.49. The Hall–Kier alpha value is -0.350. The smallest absolute Gasteiger partial charge is 0.0106 e. The first-order valence-corrected chi connectivity index (χ1v) is 14.0. The molecule has 0 saturated carbocycles. The lowest BCUT2D eigenvalue weighted by atomic mass is 9.75. The average molecular weight is 447 g/mol. The van der Waals surface area contributed by atoms with E-state index in [1.807, 2.05) is 0 Å². The van der Waals surface area contributed by atoms with Crippen LogP contribution in [0.1, 0.15) is 146 Å². The van der Waals surface area contributed by atoms with Gasteiger partial charge in [0.15, 0.2) is 0 Å². The summed E-state index contributed by atoms with van der Waals surface area (Å²) in [4.78, 5) is 0. The van der Waals surface area contributed by atoms with Gasteiger partial charge in [-0.25, -0.2) is 0 Å². The van der Waals surface area contributed by atoms with Gasteiger partial charge in [-0.1, -0.05) is 137 Å². The third kappa shape index (κ3) is 6.82. The molecule has 1 heteroatoms. The molecule has 31 heavy (non-hydrogen) atoms.